The minimum absolute atomic E-state index is 0.250. The van der Waals surface area contributed by atoms with Crippen molar-refractivity contribution in [3.8, 4) is 10.6 Å². The number of benzene rings is 1. The van der Waals surface area contributed by atoms with Gasteiger partial charge in [0.2, 0.25) is 6.41 Å². The van der Waals surface area contributed by atoms with Crippen LogP contribution in [0.2, 0.25) is 0 Å². The van der Waals surface area contributed by atoms with E-state index in [9.17, 15) is 0 Å². The highest BCUT2D eigenvalue weighted by Crippen LogP contribution is 2.31. The molecule has 2 aromatic heterocycles. The molecule has 98 valence electrons. The van der Waals surface area contributed by atoms with Crippen LogP contribution in [0.3, 0.4) is 0 Å². The Kier molecular flexibility index (Phi) is 3.91. The number of hydrogen-bond acceptors (Lipinski definition) is 5. The number of rotatable bonds is 1. The molecule has 0 saturated heterocycles. The minimum Gasteiger partial charge on any atom is -0.440 e. The largest absolute Gasteiger partial charge is 0.440 e. The summed E-state index contributed by atoms with van der Waals surface area (Å²) in [6.45, 7) is 3.90. The maximum Gasteiger partial charge on any atom is 0.204 e. The Morgan fingerprint density at radius 2 is 2.11 bits per heavy atom. The molecular formula is C13H13N3O2S. The molecular weight excluding hydrogens is 262 g/mol. The first-order valence-electron chi connectivity index (χ1n) is 5.59. The zero-order valence-corrected chi connectivity index (χ0v) is 11.4. The van der Waals surface area contributed by atoms with Crippen LogP contribution in [0.1, 0.15) is 11.5 Å². The van der Waals surface area contributed by atoms with Crippen molar-refractivity contribution < 1.29 is 9.21 Å². The van der Waals surface area contributed by atoms with Crippen LogP contribution >= 0.6 is 11.3 Å². The summed E-state index contributed by atoms with van der Waals surface area (Å²) in [5.74, 6) is 0.696. The Morgan fingerprint density at radius 1 is 1.37 bits per heavy atom. The van der Waals surface area contributed by atoms with Crippen molar-refractivity contribution in [1.82, 2.24) is 9.97 Å². The molecule has 0 saturated carbocycles. The number of aryl methyl sites for hydroxylation is 2. The predicted octanol–water partition coefficient (Wildman–Crippen LogP) is 2.67. The van der Waals surface area contributed by atoms with E-state index in [0.717, 1.165) is 27.2 Å². The highest BCUT2D eigenvalue weighted by molar-refractivity contribution is 7.13. The van der Waals surface area contributed by atoms with Gasteiger partial charge in [-0.15, -0.1) is 11.3 Å². The second-order valence-corrected chi connectivity index (χ2v) is 4.71. The van der Waals surface area contributed by atoms with E-state index in [1.807, 2.05) is 25.3 Å². The Balaban J connectivity index is 0.000000408. The molecule has 6 heteroatoms. The SMILES string of the molecule is Cc1nc2c(C)ccc(-c3nccs3)c2o1.NC=O. The first-order chi connectivity index (χ1) is 9.17. The molecule has 0 spiro atoms. The number of nitrogens with two attached hydrogens (primary N) is 1. The molecule has 0 aliphatic carbocycles. The summed E-state index contributed by atoms with van der Waals surface area (Å²) < 4.78 is 5.66. The van der Waals surface area contributed by atoms with E-state index in [2.05, 4.69) is 21.8 Å². The standard InChI is InChI=1S/C12H10N2OS.CH3NO/c1-7-3-4-9(12-13-5-6-16-12)11-10(7)14-8(2)15-11;2-1-3/h3-6H,1-2H3;1H,(H2,2,3). The van der Waals surface area contributed by atoms with Crippen molar-refractivity contribution in [2.75, 3.05) is 0 Å². The summed E-state index contributed by atoms with van der Waals surface area (Å²) >= 11 is 1.61. The Labute approximate surface area is 114 Å². The van der Waals surface area contributed by atoms with Gasteiger partial charge in [0.05, 0.1) is 5.56 Å². The third-order valence-electron chi connectivity index (χ3n) is 2.51. The molecule has 0 atom stereocenters. The van der Waals surface area contributed by atoms with E-state index in [-0.39, 0.29) is 6.41 Å². The fourth-order valence-corrected chi connectivity index (χ4v) is 2.42. The van der Waals surface area contributed by atoms with Gasteiger partial charge in [0.25, 0.3) is 0 Å². The molecule has 2 heterocycles. The number of primary amides is 1. The molecule has 2 N–H and O–H groups in total. The summed E-state index contributed by atoms with van der Waals surface area (Å²) in [6.07, 6.45) is 2.05. The number of thiazole rings is 1. The lowest BCUT2D eigenvalue weighted by Crippen LogP contribution is -1.82. The van der Waals surface area contributed by atoms with E-state index >= 15 is 0 Å². The van der Waals surface area contributed by atoms with Crippen LogP contribution < -0.4 is 5.73 Å². The first-order valence-corrected chi connectivity index (χ1v) is 6.47. The average molecular weight is 275 g/mol. The zero-order chi connectivity index (χ0) is 13.8. The number of aromatic nitrogens is 2. The quantitative estimate of drug-likeness (QED) is 0.692. The molecule has 0 radical (unpaired) electrons. The van der Waals surface area contributed by atoms with Crippen LogP contribution in [-0.2, 0) is 4.79 Å². The molecule has 0 unspecified atom stereocenters. The third-order valence-corrected chi connectivity index (χ3v) is 3.32. The van der Waals surface area contributed by atoms with Crippen LogP contribution in [0.5, 0.6) is 0 Å². The second-order valence-electron chi connectivity index (χ2n) is 3.81. The van der Waals surface area contributed by atoms with Crippen molar-refractivity contribution in [3.63, 3.8) is 0 Å². The zero-order valence-electron chi connectivity index (χ0n) is 10.6. The molecule has 5 nitrogen and oxygen atoms in total. The van der Waals surface area contributed by atoms with Crippen molar-refractivity contribution in [2.24, 2.45) is 5.73 Å². The number of fused-ring (bicyclic) bond motifs is 1. The van der Waals surface area contributed by atoms with Gasteiger partial charge in [-0.3, -0.25) is 4.79 Å². The number of oxazole rings is 1. The molecule has 3 aromatic rings. The van der Waals surface area contributed by atoms with Gasteiger partial charge in [0.15, 0.2) is 11.5 Å². The molecule has 0 aliphatic rings. The van der Waals surface area contributed by atoms with Gasteiger partial charge >= 0.3 is 0 Å². The van der Waals surface area contributed by atoms with E-state index in [1.54, 1.807) is 17.5 Å². The van der Waals surface area contributed by atoms with Gasteiger partial charge in [-0.1, -0.05) is 6.07 Å². The lowest BCUT2D eigenvalue weighted by atomic mass is 10.1. The van der Waals surface area contributed by atoms with E-state index in [1.165, 1.54) is 0 Å². The molecule has 3 rings (SSSR count). The molecule has 0 aliphatic heterocycles. The lowest BCUT2D eigenvalue weighted by molar-refractivity contribution is -0.106. The van der Waals surface area contributed by atoms with Crippen molar-refractivity contribution in [2.45, 2.75) is 13.8 Å². The highest BCUT2D eigenvalue weighted by atomic mass is 32.1. The fraction of sp³-hybridized carbons (Fsp3) is 0.154. The maximum absolute atomic E-state index is 8.58. The van der Waals surface area contributed by atoms with Gasteiger partial charge in [0, 0.05) is 18.5 Å². The summed E-state index contributed by atoms with van der Waals surface area (Å²) in [7, 11) is 0. The number of amides is 1. The third kappa shape index (κ3) is 2.63. The van der Waals surface area contributed by atoms with Crippen LogP contribution in [-0.4, -0.2) is 16.4 Å². The number of carbonyl (C=O) groups excluding carboxylic acids is 1. The molecule has 0 fully saturated rings. The van der Waals surface area contributed by atoms with Gasteiger partial charge in [0.1, 0.15) is 10.5 Å². The van der Waals surface area contributed by atoms with Crippen LogP contribution in [0.25, 0.3) is 21.7 Å². The maximum atomic E-state index is 8.58. The average Bonchev–Trinajstić information content (AvgIpc) is 2.99. The normalized spacial score (nSPS) is 10.0. The van der Waals surface area contributed by atoms with Crippen LogP contribution in [0.15, 0.2) is 28.1 Å². The Bertz CT molecular complexity index is 689. The summed E-state index contributed by atoms with van der Waals surface area (Å²) in [5, 5.41) is 2.94. The smallest absolute Gasteiger partial charge is 0.204 e. The van der Waals surface area contributed by atoms with Gasteiger partial charge < -0.3 is 10.2 Å². The van der Waals surface area contributed by atoms with E-state index in [4.69, 9.17) is 9.21 Å². The summed E-state index contributed by atoms with van der Waals surface area (Å²) in [4.78, 5) is 17.3. The predicted molar refractivity (Wildman–Crippen MR) is 74.8 cm³/mol. The van der Waals surface area contributed by atoms with Crippen molar-refractivity contribution >= 4 is 28.8 Å². The van der Waals surface area contributed by atoms with E-state index in [0.29, 0.717) is 5.89 Å². The minimum atomic E-state index is 0.250. The van der Waals surface area contributed by atoms with Crippen molar-refractivity contribution in [1.29, 1.82) is 0 Å². The fourth-order valence-electron chi connectivity index (χ4n) is 1.76. The monoisotopic (exact) mass is 275 g/mol. The number of nitrogens with zero attached hydrogens (tertiary/aromatic N) is 2. The van der Waals surface area contributed by atoms with Crippen molar-refractivity contribution in [3.05, 3.63) is 35.2 Å². The highest BCUT2D eigenvalue weighted by Gasteiger charge is 2.13. The van der Waals surface area contributed by atoms with Gasteiger partial charge in [-0.2, -0.15) is 0 Å². The second kappa shape index (κ2) is 5.62. The molecule has 1 amide bonds. The molecule has 1 aromatic carbocycles. The number of carbonyl (C=O) groups is 1. The van der Waals surface area contributed by atoms with Gasteiger partial charge in [-0.05, 0) is 18.6 Å². The summed E-state index contributed by atoms with van der Waals surface area (Å²) in [5.41, 5.74) is 8.10. The number of hydrogen-bond donors (Lipinski definition) is 1. The Hall–Kier alpha value is -2.21. The molecule has 0 bridgehead atoms. The van der Waals surface area contributed by atoms with Gasteiger partial charge in [-0.25, -0.2) is 9.97 Å². The van der Waals surface area contributed by atoms with E-state index < -0.39 is 0 Å². The Morgan fingerprint density at radius 3 is 2.74 bits per heavy atom. The van der Waals surface area contributed by atoms with Crippen LogP contribution in [0, 0.1) is 13.8 Å². The topological polar surface area (TPSA) is 82.0 Å². The molecule has 19 heavy (non-hydrogen) atoms. The van der Waals surface area contributed by atoms with Crippen LogP contribution in [0.4, 0.5) is 0 Å². The first kappa shape index (κ1) is 13.2. The summed E-state index contributed by atoms with van der Waals surface area (Å²) in [6, 6.07) is 4.10. The lowest BCUT2D eigenvalue weighted by Gasteiger charge is -1.98.